The van der Waals surface area contributed by atoms with Gasteiger partial charge in [-0.25, -0.2) is 0 Å². The lowest BCUT2D eigenvalue weighted by Gasteiger charge is -2.28. The van der Waals surface area contributed by atoms with E-state index in [9.17, 15) is 9.59 Å². The Kier molecular flexibility index (Phi) is 5.02. The molecule has 0 spiro atoms. The van der Waals surface area contributed by atoms with Gasteiger partial charge in [-0.05, 0) is 12.8 Å². The summed E-state index contributed by atoms with van der Waals surface area (Å²) < 4.78 is 0. The molecule has 17 heavy (non-hydrogen) atoms. The van der Waals surface area contributed by atoms with Crippen molar-refractivity contribution < 1.29 is 9.59 Å². The van der Waals surface area contributed by atoms with Crippen molar-refractivity contribution in [2.45, 2.75) is 51.6 Å². The first kappa shape index (κ1) is 13.6. The first-order chi connectivity index (χ1) is 8.13. The summed E-state index contributed by atoms with van der Waals surface area (Å²) in [7, 11) is 0. The van der Waals surface area contributed by atoms with Gasteiger partial charge >= 0.3 is 0 Å². The van der Waals surface area contributed by atoms with Crippen LogP contribution in [0.1, 0.15) is 39.5 Å². The van der Waals surface area contributed by atoms with Crippen LogP contribution >= 0.6 is 0 Å². The topological polar surface area (TPSA) is 49.4 Å². The van der Waals surface area contributed by atoms with Crippen LogP contribution in [0, 0.1) is 12.3 Å². The molecule has 4 nitrogen and oxygen atoms in total. The maximum Gasteiger partial charge on any atom is 0.246 e. The van der Waals surface area contributed by atoms with Crippen molar-refractivity contribution >= 4 is 11.8 Å². The number of rotatable bonds is 4. The zero-order chi connectivity index (χ0) is 12.8. The summed E-state index contributed by atoms with van der Waals surface area (Å²) in [6.45, 7) is 4.37. The van der Waals surface area contributed by atoms with Crippen molar-refractivity contribution in [3.63, 3.8) is 0 Å². The second-order valence-corrected chi connectivity index (χ2v) is 4.28. The van der Waals surface area contributed by atoms with E-state index in [1.807, 2.05) is 13.8 Å². The molecule has 4 heteroatoms. The average Bonchev–Trinajstić information content (AvgIpc) is 2.44. The fourth-order valence-electron chi connectivity index (χ4n) is 2.08. The van der Waals surface area contributed by atoms with Crippen LogP contribution in [0.25, 0.3) is 0 Å². The molecule has 1 N–H and O–H groups in total. The smallest absolute Gasteiger partial charge is 0.246 e. The van der Waals surface area contributed by atoms with Crippen molar-refractivity contribution in [3.8, 4) is 12.3 Å². The first-order valence-electron chi connectivity index (χ1n) is 6.20. The molecule has 0 radical (unpaired) electrons. The molecule has 0 aromatic rings. The van der Waals surface area contributed by atoms with Gasteiger partial charge in [0.15, 0.2) is 0 Å². The normalized spacial score (nSPS) is 22.6. The standard InChI is InChI=1S/C13H20N2O2/c1-4-7-11-13(17)15(10(5-2)6-3)9-8-12(16)14-11/h2,10-11H,4,6-9H2,1,3H3,(H,14,16). The Morgan fingerprint density at radius 3 is 2.76 bits per heavy atom. The van der Waals surface area contributed by atoms with Crippen molar-refractivity contribution in [2.24, 2.45) is 0 Å². The monoisotopic (exact) mass is 236 g/mol. The zero-order valence-corrected chi connectivity index (χ0v) is 10.5. The van der Waals surface area contributed by atoms with E-state index in [0.29, 0.717) is 19.4 Å². The van der Waals surface area contributed by atoms with Crippen LogP contribution in [-0.2, 0) is 9.59 Å². The number of carbonyl (C=O) groups is 2. The van der Waals surface area contributed by atoms with E-state index >= 15 is 0 Å². The lowest BCUT2D eigenvalue weighted by Crippen LogP contribution is -2.47. The van der Waals surface area contributed by atoms with E-state index in [4.69, 9.17) is 6.42 Å². The van der Waals surface area contributed by atoms with Gasteiger partial charge in [-0.2, -0.15) is 0 Å². The van der Waals surface area contributed by atoms with Crippen molar-refractivity contribution in [3.05, 3.63) is 0 Å². The molecule has 2 amide bonds. The van der Waals surface area contributed by atoms with Gasteiger partial charge in [-0.3, -0.25) is 9.59 Å². The van der Waals surface area contributed by atoms with Crippen LogP contribution < -0.4 is 5.32 Å². The fourth-order valence-corrected chi connectivity index (χ4v) is 2.08. The second-order valence-electron chi connectivity index (χ2n) is 4.28. The fraction of sp³-hybridized carbons (Fsp3) is 0.692. The van der Waals surface area contributed by atoms with Gasteiger partial charge in [0.05, 0.1) is 6.04 Å². The minimum absolute atomic E-state index is 0.0394. The molecule has 2 atom stereocenters. The number of carbonyl (C=O) groups excluding carboxylic acids is 2. The third-order valence-electron chi connectivity index (χ3n) is 3.03. The van der Waals surface area contributed by atoms with Crippen molar-refractivity contribution in [2.75, 3.05) is 6.54 Å². The van der Waals surface area contributed by atoms with Crippen LogP contribution in [0.5, 0.6) is 0 Å². The van der Waals surface area contributed by atoms with Crippen LogP contribution in [0.15, 0.2) is 0 Å². The van der Waals surface area contributed by atoms with Gasteiger partial charge in [0.1, 0.15) is 6.04 Å². The summed E-state index contributed by atoms with van der Waals surface area (Å²) >= 11 is 0. The zero-order valence-electron chi connectivity index (χ0n) is 10.5. The van der Waals surface area contributed by atoms with Crippen molar-refractivity contribution in [1.82, 2.24) is 10.2 Å². The SMILES string of the molecule is C#CC(CC)N1CCC(=O)NC(CCC)C1=O. The minimum atomic E-state index is -0.405. The maximum atomic E-state index is 12.3. The number of amides is 2. The van der Waals surface area contributed by atoms with E-state index in [1.54, 1.807) is 4.90 Å². The van der Waals surface area contributed by atoms with Crippen LogP contribution in [0.4, 0.5) is 0 Å². The molecule has 0 aliphatic carbocycles. The highest BCUT2D eigenvalue weighted by Gasteiger charge is 2.31. The molecule has 1 aliphatic rings. The Labute approximate surface area is 103 Å². The van der Waals surface area contributed by atoms with E-state index in [2.05, 4.69) is 11.2 Å². The quantitative estimate of drug-likeness (QED) is 0.738. The Hall–Kier alpha value is -1.50. The highest BCUT2D eigenvalue weighted by molar-refractivity contribution is 5.90. The van der Waals surface area contributed by atoms with Crippen molar-refractivity contribution in [1.29, 1.82) is 0 Å². The van der Waals surface area contributed by atoms with E-state index in [0.717, 1.165) is 12.8 Å². The van der Waals surface area contributed by atoms with Crippen LogP contribution in [-0.4, -0.2) is 35.3 Å². The summed E-state index contributed by atoms with van der Waals surface area (Å²) in [6, 6.07) is -0.605. The highest BCUT2D eigenvalue weighted by atomic mass is 16.2. The van der Waals surface area contributed by atoms with Gasteiger partial charge in [0.2, 0.25) is 11.8 Å². The molecule has 0 bridgehead atoms. The molecular formula is C13H20N2O2. The molecule has 0 saturated carbocycles. The maximum absolute atomic E-state index is 12.3. The summed E-state index contributed by atoms with van der Waals surface area (Å²) in [6.07, 6.45) is 8.01. The van der Waals surface area contributed by atoms with Gasteiger partial charge < -0.3 is 10.2 Å². The van der Waals surface area contributed by atoms with Crippen LogP contribution in [0.2, 0.25) is 0 Å². The third-order valence-corrected chi connectivity index (χ3v) is 3.03. The lowest BCUT2D eigenvalue weighted by atomic mass is 10.1. The highest BCUT2D eigenvalue weighted by Crippen LogP contribution is 2.13. The molecular weight excluding hydrogens is 216 g/mol. The van der Waals surface area contributed by atoms with E-state index in [1.165, 1.54) is 0 Å². The molecule has 0 aromatic heterocycles. The molecule has 0 aromatic carbocycles. The minimum Gasteiger partial charge on any atom is -0.344 e. The summed E-state index contributed by atoms with van der Waals surface area (Å²) in [5, 5.41) is 2.76. The number of terminal acetylenes is 1. The average molecular weight is 236 g/mol. The molecule has 1 heterocycles. The third kappa shape index (κ3) is 3.23. The van der Waals surface area contributed by atoms with Gasteiger partial charge in [0.25, 0.3) is 0 Å². The number of hydrogen-bond donors (Lipinski definition) is 1. The van der Waals surface area contributed by atoms with E-state index in [-0.39, 0.29) is 17.9 Å². The Morgan fingerprint density at radius 1 is 1.53 bits per heavy atom. The predicted octanol–water partition coefficient (Wildman–Crippen LogP) is 0.915. The molecule has 1 fully saturated rings. The molecule has 2 unspecified atom stereocenters. The van der Waals surface area contributed by atoms with Gasteiger partial charge in [-0.1, -0.05) is 26.2 Å². The van der Waals surface area contributed by atoms with Gasteiger partial charge in [0, 0.05) is 13.0 Å². The lowest BCUT2D eigenvalue weighted by molar-refractivity contribution is -0.134. The number of hydrogen-bond acceptors (Lipinski definition) is 2. The second kappa shape index (κ2) is 6.29. The Morgan fingerprint density at radius 2 is 2.24 bits per heavy atom. The summed E-state index contributed by atoms with van der Waals surface area (Å²) in [5.74, 6) is 2.52. The number of nitrogens with one attached hydrogen (secondary N) is 1. The Bertz CT molecular complexity index is 333. The largest absolute Gasteiger partial charge is 0.344 e. The predicted molar refractivity (Wildman–Crippen MR) is 66.1 cm³/mol. The first-order valence-corrected chi connectivity index (χ1v) is 6.20. The molecule has 94 valence electrons. The van der Waals surface area contributed by atoms with Crippen LogP contribution in [0.3, 0.4) is 0 Å². The molecule has 1 saturated heterocycles. The summed E-state index contributed by atoms with van der Waals surface area (Å²) in [4.78, 5) is 25.4. The Balaban J connectivity index is 2.87. The molecule has 1 aliphatic heterocycles. The summed E-state index contributed by atoms with van der Waals surface area (Å²) in [5.41, 5.74) is 0. The van der Waals surface area contributed by atoms with Gasteiger partial charge in [-0.15, -0.1) is 6.42 Å². The number of nitrogens with zero attached hydrogens (tertiary/aromatic N) is 1. The molecule has 1 rings (SSSR count). The van der Waals surface area contributed by atoms with E-state index < -0.39 is 6.04 Å².